The molecule has 116 valence electrons. The van der Waals surface area contributed by atoms with Crippen molar-refractivity contribution in [2.45, 2.75) is 32.7 Å². The van der Waals surface area contributed by atoms with E-state index in [0.717, 1.165) is 11.1 Å². The molecule has 0 N–H and O–H groups in total. The Morgan fingerprint density at radius 1 is 1.27 bits per heavy atom. The largest absolute Gasteiger partial charge is 0.292 e. The van der Waals surface area contributed by atoms with Crippen LogP contribution in [0.25, 0.3) is 0 Å². The zero-order valence-electron chi connectivity index (χ0n) is 12.3. The number of halogens is 2. The van der Waals surface area contributed by atoms with Gasteiger partial charge in [0, 0.05) is 5.56 Å². The van der Waals surface area contributed by atoms with Gasteiger partial charge in [-0.1, -0.05) is 61.3 Å². The molecular weight excluding hydrogens is 323 g/mol. The summed E-state index contributed by atoms with van der Waals surface area (Å²) >= 11 is 11.5. The van der Waals surface area contributed by atoms with Crippen molar-refractivity contribution in [1.29, 1.82) is 0 Å². The van der Waals surface area contributed by atoms with E-state index in [-0.39, 0.29) is 22.4 Å². The summed E-state index contributed by atoms with van der Waals surface area (Å²) in [6, 6.07) is 7.41. The average Bonchev–Trinajstić information content (AvgIpc) is 2.54. The molecule has 0 saturated carbocycles. The highest BCUT2D eigenvalue weighted by Gasteiger charge is 2.13. The van der Waals surface area contributed by atoms with Crippen molar-refractivity contribution >= 4 is 29.0 Å². The summed E-state index contributed by atoms with van der Waals surface area (Å²) < 4.78 is 1.01. The van der Waals surface area contributed by atoms with Crippen molar-refractivity contribution in [3.8, 4) is 0 Å². The predicted molar refractivity (Wildman–Crippen MR) is 88.0 cm³/mol. The molecule has 0 saturated heterocycles. The second kappa shape index (κ2) is 7.07. The van der Waals surface area contributed by atoms with Gasteiger partial charge in [-0.2, -0.15) is 5.10 Å². The minimum absolute atomic E-state index is 0.0771. The molecule has 0 aliphatic rings. The first-order chi connectivity index (χ1) is 10.4. The number of hydrogen-bond acceptors (Lipinski definition) is 3. The normalized spacial score (nSPS) is 12.2. The molecule has 0 bridgehead atoms. The van der Waals surface area contributed by atoms with E-state index in [0.29, 0.717) is 11.5 Å². The van der Waals surface area contributed by atoms with Crippen LogP contribution in [0.1, 0.15) is 42.1 Å². The first-order valence-electron chi connectivity index (χ1n) is 6.98. The van der Waals surface area contributed by atoms with E-state index in [4.69, 9.17) is 23.2 Å². The van der Waals surface area contributed by atoms with Gasteiger partial charge >= 0.3 is 0 Å². The Hall–Kier alpha value is -1.65. The number of aromatic nitrogens is 2. The van der Waals surface area contributed by atoms with Gasteiger partial charge in [0.25, 0.3) is 5.56 Å². The lowest BCUT2D eigenvalue weighted by molar-refractivity contribution is 0.0965. The van der Waals surface area contributed by atoms with Crippen LogP contribution in [-0.4, -0.2) is 15.6 Å². The topological polar surface area (TPSA) is 52.0 Å². The molecule has 0 radical (unpaired) electrons. The molecule has 0 unspecified atom stereocenters. The van der Waals surface area contributed by atoms with Crippen LogP contribution in [0.4, 0.5) is 0 Å². The van der Waals surface area contributed by atoms with Crippen LogP contribution in [0, 0.1) is 0 Å². The highest BCUT2D eigenvalue weighted by Crippen LogP contribution is 2.19. The molecule has 0 amide bonds. The number of hydrogen-bond donors (Lipinski definition) is 0. The Balaban J connectivity index is 2.19. The van der Waals surface area contributed by atoms with Gasteiger partial charge in [-0.15, -0.1) is 0 Å². The predicted octanol–water partition coefficient (Wildman–Crippen LogP) is 3.95. The summed E-state index contributed by atoms with van der Waals surface area (Å²) in [4.78, 5) is 24.1. The number of Topliss-reactive ketones (excluding diaryl/α,β-unsaturated/α-hetero) is 1. The van der Waals surface area contributed by atoms with E-state index >= 15 is 0 Å². The zero-order valence-corrected chi connectivity index (χ0v) is 13.9. The number of carbonyl (C=O) groups is 1. The molecule has 0 aliphatic carbocycles. The van der Waals surface area contributed by atoms with Crippen LogP contribution in [0.2, 0.25) is 10.0 Å². The number of ketones is 1. The third kappa shape index (κ3) is 3.57. The number of carbonyl (C=O) groups excluding carboxylic acids is 1. The first-order valence-corrected chi connectivity index (χ1v) is 7.74. The maximum Gasteiger partial charge on any atom is 0.287 e. The van der Waals surface area contributed by atoms with Crippen molar-refractivity contribution in [3.05, 3.63) is 62.0 Å². The second-order valence-corrected chi connectivity index (χ2v) is 5.91. The fraction of sp³-hybridized carbons (Fsp3) is 0.312. The summed E-state index contributed by atoms with van der Waals surface area (Å²) in [6.45, 7) is 4.08. The molecule has 0 fully saturated rings. The molecule has 2 aromatic rings. The quantitative estimate of drug-likeness (QED) is 0.775. The highest BCUT2D eigenvalue weighted by molar-refractivity contribution is 6.41. The number of benzene rings is 1. The van der Waals surface area contributed by atoms with Crippen molar-refractivity contribution < 1.29 is 4.79 Å². The van der Waals surface area contributed by atoms with Gasteiger partial charge in [0.15, 0.2) is 5.78 Å². The van der Waals surface area contributed by atoms with Crippen molar-refractivity contribution in [2.24, 2.45) is 0 Å². The van der Waals surface area contributed by atoms with Gasteiger partial charge in [0.1, 0.15) is 11.6 Å². The van der Waals surface area contributed by atoms with E-state index in [2.05, 4.69) is 18.9 Å². The maximum atomic E-state index is 12.2. The van der Waals surface area contributed by atoms with Crippen molar-refractivity contribution in [1.82, 2.24) is 9.78 Å². The molecule has 0 aliphatic heterocycles. The monoisotopic (exact) mass is 338 g/mol. The van der Waals surface area contributed by atoms with Crippen LogP contribution in [-0.2, 0) is 6.54 Å². The van der Waals surface area contributed by atoms with Gasteiger partial charge in [-0.05, 0) is 17.9 Å². The van der Waals surface area contributed by atoms with E-state index in [9.17, 15) is 9.59 Å². The van der Waals surface area contributed by atoms with Crippen LogP contribution < -0.4 is 5.56 Å². The van der Waals surface area contributed by atoms with Crippen LogP contribution in [0.15, 0.2) is 35.3 Å². The molecule has 4 nitrogen and oxygen atoms in total. The third-order valence-electron chi connectivity index (χ3n) is 3.65. The van der Waals surface area contributed by atoms with E-state index in [1.807, 2.05) is 12.1 Å². The Morgan fingerprint density at radius 3 is 2.50 bits per heavy atom. The maximum absolute atomic E-state index is 12.2. The fourth-order valence-electron chi connectivity index (χ4n) is 2.02. The lowest BCUT2D eigenvalue weighted by atomic mass is 9.97. The Labute approximate surface area is 138 Å². The summed E-state index contributed by atoms with van der Waals surface area (Å²) in [5.74, 6) is 0.243. The molecule has 6 heteroatoms. The molecule has 1 aromatic carbocycles. The Bertz CT molecular complexity index is 739. The zero-order chi connectivity index (χ0) is 16.3. The Kier molecular flexibility index (Phi) is 5.37. The minimum Gasteiger partial charge on any atom is -0.292 e. The molecule has 22 heavy (non-hydrogen) atoms. The summed E-state index contributed by atoms with van der Waals surface area (Å²) in [5, 5.41) is 3.78. The van der Waals surface area contributed by atoms with E-state index < -0.39 is 5.56 Å². The summed E-state index contributed by atoms with van der Waals surface area (Å²) in [5.41, 5.74) is 1.15. The standard InChI is InChI=1S/C16H16Cl2N2O2/c1-3-10(2)11-4-6-12(7-5-11)14(21)9-20-16(22)15(18)13(17)8-19-20/h4-8,10H,3,9H2,1-2H3/t10-/m1/s1. The van der Waals surface area contributed by atoms with Gasteiger partial charge in [-0.3, -0.25) is 9.59 Å². The highest BCUT2D eigenvalue weighted by atomic mass is 35.5. The molecule has 1 aromatic heterocycles. The van der Waals surface area contributed by atoms with E-state index in [1.165, 1.54) is 11.8 Å². The van der Waals surface area contributed by atoms with Gasteiger partial charge < -0.3 is 0 Å². The van der Waals surface area contributed by atoms with Gasteiger partial charge in [0.2, 0.25) is 0 Å². The molecular formula is C16H16Cl2N2O2. The van der Waals surface area contributed by atoms with Crippen LogP contribution in [0.5, 0.6) is 0 Å². The number of rotatable bonds is 5. The average molecular weight is 339 g/mol. The lowest BCUT2D eigenvalue weighted by Crippen LogP contribution is -2.27. The van der Waals surface area contributed by atoms with Crippen LogP contribution in [0.3, 0.4) is 0 Å². The summed E-state index contributed by atoms with van der Waals surface area (Å²) in [7, 11) is 0. The van der Waals surface area contributed by atoms with E-state index in [1.54, 1.807) is 12.1 Å². The summed E-state index contributed by atoms with van der Waals surface area (Å²) in [6.07, 6.45) is 2.29. The van der Waals surface area contributed by atoms with Crippen LogP contribution >= 0.6 is 23.2 Å². The molecule has 2 rings (SSSR count). The second-order valence-electron chi connectivity index (χ2n) is 5.12. The third-order valence-corrected chi connectivity index (χ3v) is 4.40. The number of nitrogens with zero attached hydrogens (tertiary/aromatic N) is 2. The lowest BCUT2D eigenvalue weighted by Gasteiger charge is -2.10. The van der Waals surface area contributed by atoms with Gasteiger partial charge in [0.05, 0.1) is 11.2 Å². The van der Waals surface area contributed by atoms with Crippen molar-refractivity contribution in [3.63, 3.8) is 0 Å². The fourth-order valence-corrected chi connectivity index (χ4v) is 2.29. The molecule has 0 spiro atoms. The minimum atomic E-state index is -0.571. The molecule has 1 atom stereocenters. The first kappa shape index (κ1) is 16.7. The van der Waals surface area contributed by atoms with Crippen molar-refractivity contribution in [2.75, 3.05) is 0 Å². The van der Waals surface area contributed by atoms with Gasteiger partial charge in [-0.25, -0.2) is 4.68 Å². The smallest absolute Gasteiger partial charge is 0.287 e. The molecule has 1 heterocycles. The SMILES string of the molecule is CC[C@@H](C)c1ccc(C(=O)Cn2ncc(Cl)c(Cl)c2=O)cc1. The Morgan fingerprint density at radius 2 is 1.91 bits per heavy atom.